The Balaban J connectivity index is 0.00000264. The van der Waals surface area contributed by atoms with Gasteiger partial charge in [-0.15, -0.1) is 12.4 Å². The van der Waals surface area contributed by atoms with Gasteiger partial charge in [-0.25, -0.2) is 0 Å². The molecule has 0 aromatic rings. The van der Waals surface area contributed by atoms with E-state index >= 15 is 0 Å². The molecular weight excluding hydrogens is 316 g/mol. The molecule has 0 saturated carbocycles. The zero-order valence-electron chi connectivity index (χ0n) is 14.7. The van der Waals surface area contributed by atoms with Crippen LogP contribution in [0.25, 0.3) is 0 Å². The van der Waals surface area contributed by atoms with Gasteiger partial charge in [0.15, 0.2) is 0 Å². The average Bonchev–Trinajstić information content (AvgIpc) is 2.48. The molecule has 2 aliphatic rings. The number of likely N-dealkylation sites (tertiary alicyclic amines) is 1. The molecule has 6 nitrogen and oxygen atoms in total. The van der Waals surface area contributed by atoms with Crippen LogP contribution in [0.3, 0.4) is 0 Å². The SMILES string of the molecule is CC(=O)N1CCN(C(=O)C(C)N2CCC(N)C(C)(C)C2)CC1.Cl. The van der Waals surface area contributed by atoms with Crippen LogP contribution < -0.4 is 5.73 Å². The van der Waals surface area contributed by atoms with Crippen molar-refractivity contribution in [1.82, 2.24) is 14.7 Å². The Labute approximate surface area is 145 Å². The average molecular weight is 347 g/mol. The molecule has 2 N–H and O–H groups in total. The monoisotopic (exact) mass is 346 g/mol. The molecule has 2 rings (SSSR count). The van der Waals surface area contributed by atoms with Gasteiger partial charge in [0.05, 0.1) is 6.04 Å². The number of piperidine rings is 1. The molecule has 0 aliphatic carbocycles. The molecule has 0 aromatic carbocycles. The van der Waals surface area contributed by atoms with Crippen LogP contribution in [0.1, 0.15) is 34.1 Å². The van der Waals surface area contributed by atoms with Gasteiger partial charge in [-0.05, 0) is 18.8 Å². The van der Waals surface area contributed by atoms with Gasteiger partial charge in [0, 0.05) is 52.2 Å². The number of piperazine rings is 1. The lowest BCUT2D eigenvalue weighted by Crippen LogP contribution is -2.59. The summed E-state index contributed by atoms with van der Waals surface area (Å²) in [6, 6.07) is 0.0841. The van der Waals surface area contributed by atoms with Gasteiger partial charge >= 0.3 is 0 Å². The van der Waals surface area contributed by atoms with Gasteiger partial charge in [-0.2, -0.15) is 0 Å². The van der Waals surface area contributed by atoms with E-state index in [2.05, 4.69) is 18.7 Å². The third kappa shape index (κ3) is 4.58. The summed E-state index contributed by atoms with van der Waals surface area (Å²) >= 11 is 0. The first-order valence-electron chi connectivity index (χ1n) is 8.26. The van der Waals surface area contributed by atoms with Crippen molar-refractivity contribution in [3.8, 4) is 0 Å². The van der Waals surface area contributed by atoms with Crippen molar-refractivity contribution in [3.63, 3.8) is 0 Å². The minimum atomic E-state index is -0.115. The van der Waals surface area contributed by atoms with Crippen LogP contribution in [0.15, 0.2) is 0 Å². The fourth-order valence-corrected chi connectivity index (χ4v) is 3.41. The number of rotatable bonds is 2. The molecule has 23 heavy (non-hydrogen) atoms. The van der Waals surface area contributed by atoms with E-state index in [1.54, 1.807) is 11.8 Å². The summed E-state index contributed by atoms with van der Waals surface area (Å²) in [5, 5.41) is 0. The maximum absolute atomic E-state index is 12.7. The summed E-state index contributed by atoms with van der Waals surface area (Å²) in [5.74, 6) is 0.265. The highest BCUT2D eigenvalue weighted by Gasteiger charge is 2.38. The number of halogens is 1. The Bertz CT molecular complexity index is 436. The third-order valence-corrected chi connectivity index (χ3v) is 5.28. The number of hydrogen-bond donors (Lipinski definition) is 1. The van der Waals surface area contributed by atoms with Gasteiger partial charge in [-0.3, -0.25) is 14.5 Å². The normalized spacial score (nSPS) is 26.4. The van der Waals surface area contributed by atoms with Crippen LogP contribution in [0.5, 0.6) is 0 Å². The molecular formula is C16H31ClN4O2. The molecule has 0 radical (unpaired) electrons. The molecule has 7 heteroatoms. The number of nitrogens with zero attached hydrogens (tertiary/aromatic N) is 3. The van der Waals surface area contributed by atoms with E-state index in [1.807, 2.05) is 11.8 Å². The molecule has 0 bridgehead atoms. The van der Waals surface area contributed by atoms with Crippen molar-refractivity contribution < 1.29 is 9.59 Å². The molecule has 2 heterocycles. The van der Waals surface area contributed by atoms with Crippen molar-refractivity contribution in [2.24, 2.45) is 11.1 Å². The van der Waals surface area contributed by atoms with Gasteiger partial charge in [0.25, 0.3) is 0 Å². The van der Waals surface area contributed by atoms with Gasteiger partial charge in [-0.1, -0.05) is 13.8 Å². The van der Waals surface area contributed by atoms with E-state index in [1.165, 1.54) is 0 Å². The number of hydrogen-bond acceptors (Lipinski definition) is 4. The Kier molecular flexibility index (Phi) is 6.86. The van der Waals surface area contributed by atoms with Gasteiger partial charge in [0.1, 0.15) is 0 Å². The van der Waals surface area contributed by atoms with Crippen LogP contribution in [0, 0.1) is 5.41 Å². The molecule has 2 fully saturated rings. The summed E-state index contributed by atoms with van der Waals surface area (Å²) in [7, 11) is 0. The zero-order valence-corrected chi connectivity index (χ0v) is 15.6. The predicted molar refractivity (Wildman–Crippen MR) is 93.5 cm³/mol. The molecule has 2 saturated heterocycles. The van der Waals surface area contributed by atoms with Gasteiger partial charge < -0.3 is 15.5 Å². The minimum Gasteiger partial charge on any atom is -0.339 e. The summed E-state index contributed by atoms with van der Waals surface area (Å²) in [6.45, 7) is 12.2. The second-order valence-corrected chi connectivity index (χ2v) is 7.36. The lowest BCUT2D eigenvalue weighted by Gasteiger charge is -2.45. The standard InChI is InChI=1S/C16H30N4O2.ClH/c1-12(20-6-5-14(17)16(3,4)11-20)15(22)19-9-7-18(8-10-19)13(2)21;/h12,14H,5-11,17H2,1-4H3;1H. The lowest BCUT2D eigenvalue weighted by molar-refractivity contribution is -0.143. The molecule has 0 spiro atoms. The van der Waals surface area contributed by atoms with Crippen LogP contribution in [0.4, 0.5) is 0 Å². The van der Waals surface area contributed by atoms with E-state index < -0.39 is 0 Å². The van der Waals surface area contributed by atoms with E-state index in [0.29, 0.717) is 26.2 Å². The highest BCUT2D eigenvalue weighted by Crippen LogP contribution is 2.29. The molecule has 2 unspecified atom stereocenters. The summed E-state index contributed by atoms with van der Waals surface area (Å²) in [6.07, 6.45) is 0.933. The molecule has 134 valence electrons. The maximum Gasteiger partial charge on any atom is 0.239 e. The summed E-state index contributed by atoms with van der Waals surface area (Å²) < 4.78 is 0. The predicted octanol–water partition coefficient (Wildman–Crippen LogP) is 0.547. The zero-order chi connectivity index (χ0) is 16.5. The minimum absolute atomic E-state index is 0. The van der Waals surface area contributed by atoms with Crippen molar-refractivity contribution in [2.75, 3.05) is 39.3 Å². The van der Waals surface area contributed by atoms with E-state index in [4.69, 9.17) is 5.73 Å². The first kappa shape index (κ1) is 20.2. The summed E-state index contributed by atoms with van der Waals surface area (Å²) in [5.41, 5.74) is 6.22. The molecule has 0 aromatic heterocycles. The van der Waals surface area contributed by atoms with Crippen LogP contribution in [0.2, 0.25) is 0 Å². The van der Waals surface area contributed by atoms with Crippen LogP contribution in [-0.2, 0) is 9.59 Å². The Morgan fingerprint density at radius 2 is 1.61 bits per heavy atom. The quantitative estimate of drug-likeness (QED) is 0.792. The van der Waals surface area contributed by atoms with Crippen molar-refractivity contribution >= 4 is 24.2 Å². The van der Waals surface area contributed by atoms with Gasteiger partial charge in [0.2, 0.25) is 11.8 Å². The number of carbonyl (C=O) groups is 2. The summed E-state index contributed by atoms with van der Waals surface area (Å²) in [4.78, 5) is 30.0. The molecule has 2 atom stereocenters. The first-order chi connectivity index (χ1) is 10.2. The third-order valence-electron chi connectivity index (χ3n) is 5.28. The van der Waals surface area contributed by atoms with Crippen molar-refractivity contribution in [3.05, 3.63) is 0 Å². The van der Waals surface area contributed by atoms with E-state index in [0.717, 1.165) is 19.5 Å². The van der Waals surface area contributed by atoms with Crippen molar-refractivity contribution in [1.29, 1.82) is 0 Å². The fourth-order valence-electron chi connectivity index (χ4n) is 3.41. The van der Waals surface area contributed by atoms with E-state index in [9.17, 15) is 9.59 Å². The lowest BCUT2D eigenvalue weighted by atomic mass is 9.79. The maximum atomic E-state index is 12.7. The Morgan fingerprint density at radius 1 is 1.09 bits per heavy atom. The highest BCUT2D eigenvalue weighted by molar-refractivity contribution is 5.85. The second-order valence-electron chi connectivity index (χ2n) is 7.36. The van der Waals surface area contributed by atoms with E-state index in [-0.39, 0.29) is 41.7 Å². The first-order valence-corrected chi connectivity index (χ1v) is 8.26. The fraction of sp³-hybridized carbons (Fsp3) is 0.875. The van der Waals surface area contributed by atoms with Crippen LogP contribution >= 0.6 is 12.4 Å². The number of nitrogens with two attached hydrogens (primary N) is 1. The Morgan fingerprint density at radius 3 is 2.09 bits per heavy atom. The van der Waals surface area contributed by atoms with Crippen LogP contribution in [-0.4, -0.2) is 77.9 Å². The number of amides is 2. The Hall–Kier alpha value is -0.850. The second kappa shape index (κ2) is 7.81. The van der Waals surface area contributed by atoms with Crippen molar-refractivity contribution in [2.45, 2.75) is 46.2 Å². The topological polar surface area (TPSA) is 69.9 Å². The number of carbonyl (C=O) groups excluding carboxylic acids is 2. The highest BCUT2D eigenvalue weighted by atomic mass is 35.5. The molecule has 2 amide bonds. The largest absolute Gasteiger partial charge is 0.339 e. The smallest absolute Gasteiger partial charge is 0.239 e. The molecule has 2 aliphatic heterocycles.